The van der Waals surface area contributed by atoms with E-state index in [-0.39, 0.29) is 17.1 Å². The molecule has 31 heavy (non-hydrogen) atoms. The number of nitrogens with one attached hydrogen (secondary N) is 1. The number of phenolic OH excluding ortho intramolecular Hbond substituents is 1. The number of halogens is 1. The Morgan fingerprint density at radius 1 is 1.10 bits per heavy atom. The number of carbonyl (C=O) groups is 3. The molecule has 8 heteroatoms. The number of carbonyl (C=O) groups excluding carboxylic acids is 3. The average molecular weight is 481 g/mol. The number of aromatic hydroxyl groups is 1. The van der Waals surface area contributed by atoms with Crippen molar-refractivity contribution in [3.05, 3.63) is 70.2 Å². The Bertz CT molecular complexity index is 1260. The summed E-state index contributed by atoms with van der Waals surface area (Å²) in [5.74, 6) is -1.42. The molecule has 0 radical (unpaired) electrons. The van der Waals surface area contributed by atoms with Crippen LogP contribution in [0.25, 0.3) is 16.8 Å². The summed E-state index contributed by atoms with van der Waals surface area (Å²) in [5.41, 5.74) is 0.604. The zero-order chi connectivity index (χ0) is 22.1. The fourth-order valence-corrected chi connectivity index (χ4v) is 3.85. The van der Waals surface area contributed by atoms with Crippen LogP contribution < -0.4 is 15.0 Å². The first-order valence-corrected chi connectivity index (χ1v) is 10.2. The molecule has 0 aliphatic carbocycles. The molecule has 0 bridgehead atoms. The molecular weight excluding hydrogens is 464 g/mol. The van der Waals surface area contributed by atoms with Gasteiger partial charge in [0, 0.05) is 5.39 Å². The first kappa shape index (κ1) is 20.6. The molecule has 1 aliphatic heterocycles. The third-order valence-corrected chi connectivity index (χ3v) is 5.38. The van der Waals surface area contributed by atoms with Crippen LogP contribution in [0.1, 0.15) is 12.5 Å². The van der Waals surface area contributed by atoms with Crippen LogP contribution in [0.4, 0.5) is 10.5 Å². The van der Waals surface area contributed by atoms with E-state index in [9.17, 15) is 19.5 Å². The van der Waals surface area contributed by atoms with E-state index in [1.165, 1.54) is 12.1 Å². The number of nitrogens with zero attached hydrogens (tertiary/aromatic N) is 1. The van der Waals surface area contributed by atoms with Crippen molar-refractivity contribution in [1.29, 1.82) is 0 Å². The molecule has 1 fully saturated rings. The fourth-order valence-electron chi connectivity index (χ4n) is 3.39. The topological polar surface area (TPSA) is 95.9 Å². The second-order valence-corrected chi connectivity index (χ2v) is 7.59. The largest absolute Gasteiger partial charge is 0.503 e. The lowest BCUT2D eigenvalue weighted by Crippen LogP contribution is -2.54. The van der Waals surface area contributed by atoms with Crippen molar-refractivity contribution < 1.29 is 24.2 Å². The Morgan fingerprint density at radius 3 is 2.61 bits per heavy atom. The number of rotatable bonds is 4. The van der Waals surface area contributed by atoms with Crippen molar-refractivity contribution >= 4 is 56.3 Å². The maximum Gasteiger partial charge on any atom is 0.335 e. The zero-order valence-corrected chi connectivity index (χ0v) is 18.0. The van der Waals surface area contributed by atoms with E-state index >= 15 is 0 Å². The van der Waals surface area contributed by atoms with Crippen molar-refractivity contribution in [1.82, 2.24) is 5.32 Å². The number of hydrogen-bond acceptors (Lipinski definition) is 5. The second-order valence-electron chi connectivity index (χ2n) is 6.74. The van der Waals surface area contributed by atoms with Gasteiger partial charge in [0.2, 0.25) is 0 Å². The number of fused-ring (bicyclic) bond motifs is 1. The molecule has 2 N–H and O–H groups in total. The number of urea groups is 1. The predicted octanol–water partition coefficient (Wildman–Crippen LogP) is 4.37. The van der Waals surface area contributed by atoms with E-state index in [4.69, 9.17) is 4.74 Å². The number of barbiturate groups is 1. The van der Waals surface area contributed by atoms with Gasteiger partial charge in [0.15, 0.2) is 11.5 Å². The van der Waals surface area contributed by atoms with E-state index in [0.717, 1.165) is 10.3 Å². The first-order valence-electron chi connectivity index (χ1n) is 9.45. The number of phenols is 1. The van der Waals surface area contributed by atoms with Gasteiger partial charge in [-0.2, -0.15) is 0 Å². The van der Waals surface area contributed by atoms with Gasteiger partial charge >= 0.3 is 6.03 Å². The highest BCUT2D eigenvalue weighted by Crippen LogP contribution is 2.36. The molecule has 4 rings (SSSR count). The monoisotopic (exact) mass is 480 g/mol. The van der Waals surface area contributed by atoms with Gasteiger partial charge in [-0.15, -0.1) is 0 Å². The van der Waals surface area contributed by atoms with Gasteiger partial charge in [0.25, 0.3) is 11.8 Å². The van der Waals surface area contributed by atoms with E-state index in [2.05, 4.69) is 21.2 Å². The maximum absolute atomic E-state index is 13.2. The number of benzene rings is 3. The maximum atomic E-state index is 13.2. The molecule has 0 unspecified atom stereocenters. The van der Waals surface area contributed by atoms with Crippen LogP contribution in [-0.2, 0) is 9.59 Å². The van der Waals surface area contributed by atoms with Crippen LogP contribution in [0.5, 0.6) is 11.5 Å². The first-order chi connectivity index (χ1) is 14.9. The summed E-state index contributed by atoms with van der Waals surface area (Å²) >= 11 is 3.24. The predicted molar refractivity (Wildman–Crippen MR) is 120 cm³/mol. The third-order valence-electron chi connectivity index (χ3n) is 4.77. The summed E-state index contributed by atoms with van der Waals surface area (Å²) < 4.78 is 5.74. The van der Waals surface area contributed by atoms with E-state index in [1.807, 2.05) is 24.3 Å². The normalized spacial score (nSPS) is 15.5. The minimum absolute atomic E-state index is 0.0871. The number of anilines is 1. The Kier molecular flexibility index (Phi) is 5.48. The van der Waals surface area contributed by atoms with Crippen molar-refractivity contribution in [2.75, 3.05) is 11.5 Å². The van der Waals surface area contributed by atoms with Crippen molar-refractivity contribution in [3.63, 3.8) is 0 Å². The molecule has 1 heterocycles. The second kappa shape index (κ2) is 8.23. The quantitative estimate of drug-likeness (QED) is 0.426. The summed E-state index contributed by atoms with van der Waals surface area (Å²) in [6.07, 6.45) is 1.36. The van der Waals surface area contributed by atoms with Crippen LogP contribution in [0.15, 0.2) is 64.6 Å². The molecule has 1 saturated heterocycles. The molecule has 0 atom stereocenters. The molecule has 7 nitrogen and oxygen atoms in total. The average Bonchev–Trinajstić information content (AvgIpc) is 2.75. The number of hydrogen-bond donors (Lipinski definition) is 2. The van der Waals surface area contributed by atoms with Gasteiger partial charge < -0.3 is 9.84 Å². The lowest BCUT2D eigenvalue weighted by atomic mass is 10.0. The van der Waals surface area contributed by atoms with Crippen LogP contribution >= 0.6 is 15.9 Å². The smallest absolute Gasteiger partial charge is 0.335 e. The van der Waals surface area contributed by atoms with Crippen LogP contribution in [0.2, 0.25) is 0 Å². The van der Waals surface area contributed by atoms with Crippen LogP contribution in [0.3, 0.4) is 0 Å². The Labute approximate surface area is 186 Å². The fraction of sp³-hybridized carbons (Fsp3) is 0.0870. The minimum atomic E-state index is -0.814. The highest BCUT2D eigenvalue weighted by molar-refractivity contribution is 9.10. The molecule has 3 aromatic carbocycles. The molecule has 4 amide bonds. The van der Waals surface area contributed by atoms with E-state index in [0.29, 0.717) is 27.7 Å². The summed E-state index contributed by atoms with van der Waals surface area (Å²) in [4.78, 5) is 39.3. The van der Waals surface area contributed by atoms with Crippen LogP contribution in [0, 0.1) is 0 Å². The summed E-state index contributed by atoms with van der Waals surface area (Å²) in [6.45, 7) is 2.09. The lowest BCUT2D eigenvalue weighted by Gasteiger charge is -2.27. The summed E-state index contributed by atoms with van der Waals surface area (Å²) in [6, 6.07) is 14.8. The van der Waals surface area contributed by atoms with Crippen molar-refractivity contribution in [3.8, 4) is 11.5 Å². The third kappa shape index (κ3) is 3.77. The van der Waals surface area contributed by atoms with Crippen molar-refractivity contribution in [2.45, 2.75) is 6.92 Å². The van der Waals surface area contributed by atoms with Gasteiger partial charge in [-0.05, 0) is 58.1 Å². The zero-order valence-electron chi connectivity index (χ0n) is 16.4. The van der Waals surface area contributed by atoms with E-state index < -0.39 is 17.8 Å². The summed E-state index contributed by atoms with van der Waals surface area (Å²) in [7, 11) is 0. The number of ether oxygens (including phenoxy) is 1. The van der Waals surface area contributed by atoms with Crippen molar-refractivity contribution in [2.24, 2.45) is 0 Å². The minimum Gasteiger partial charge on any atom is -0.503 e. The number of amides is 4. The summed E-state index contributed by atoms with van der Waals surface area (Å²) in [5, 5.41) is 13.9. The molecule has 0 aromatic heterocycles. The number of imide groups is 2. The Balaban J connectivity index is 1.81. The molecule has 0 saturated carbocycles. The molecule has 0 spiro atoms. The Morgan fingerprint density at radius 2 is 1.84 bits per heavy atom. The molecule has 1 aliphatic rings. The molecular formula is C23H17BrN2O5. The van der Waals surface area contributed by atoms with Gasteiger partial charge in [0.05, 0.1) is 16.8 Å². The molecule has 156 valence electrons. The van der Waals surface area contributed by atoms with Gasteiger partial charge in [0.1, 0.15) is 5.57 Å². The van der Waals surface area contributed by atoms with Gasteiger partial charge in [-0.1, -0.05) is 36.4 Å². The van der Waals surface area contributed by atoms with Gasteiger partial charge in [-0.3, -0.25) is 14.9 Å². The standard InChI is InChI=1S/C23H17BrN2O5/c1-2-31-19-12-13(11-17(24)20(19)27)10-16-21(28)25-23(30)26(22(16)29)18-9-5-7-14-6-3-4-8-15(14)18/h3-12,27H,2H2,1H3,(H,25,28,30)/b16-10+. The Hall–Kier alpha value is -3.65. The van der Waals surface area contributed by atoms with Gasteiger partial charge in [-0.25, -0.2) is 9.69 Å². The highest BCUT2D eigenvalue weighted by Gasteiger charge is 2.37. The van der Waals surface area contributed by atoms with E-state index in [1.54, 1.807) is 31.2 Å². The highest BCUT2D eigenvalue weighted by atomic mass is 79.9. The SMILES string of the molecule is CCOc1cc(/C=C2\C(=O)NC(=O)N(c3cccc4ccccc34)C2=O)cc(Br)c1O. The van der Waals surface area contributed by atoms with Crippen LogP contribution in [-0.4, -0.2) is 29.6 Å². The lowest BCUT2D eigenvalue weighted by molar-refractivity contribution is -0.122. The molecule has 3 aromatic rings.